The minimum Gasteiger partial charge on any atom is -0.489 e. The number of ketones is 1. The molecule has 0 bridgehead atoms. The number of Topliss-reactive ketones (excluding diaryl/α,β-unsaturated/α-hetero) is 1. The van der Waals surface area contributed by atoms with Gasteiger partial charge in [0.05, 0.1) is 18.6 Å². The number of rotatable bonds is 8. The first-order chi connectivity index (χ1) is 15.6. The van der Waals surface area contributed by atoms with Gasteiger partial charge in [-0.15, -0.1) is 11.6 Å². The van der Waals surface area contributed by atoms with E-state index in [0.717, 1.165) is 5.56 Å². The van der Waals surface area contributed by atoms with Crippen molar-refractivity contribution in [3.05, 3.63) is 53.1 Å². The summed E-state index contributed by atoms with van der Waals surface area (Å²) in [6.07, 6.45) is 0.468. The van der Waals surface area contributed by atoms with E-state index in [-0.39, 0.29) is 25.4 Å². The maximum absolute atomic E-state index is 12.8. The highest BCUT2D eigenvalue weighted by Gasteiger charge is 2.38. The van der Waals surface area contributed by atoms with Gasteiger partial charge >= 0.3 is 11.9 Å². The average Bonchev–Trinajstić information content (AvgIpc) is 2.74. The smallest absolute Gasteiger partial charge is 0.324 e. The van der Waals surface area contributed by atoms with Gasteiger partial charge in [-0.25, -0.2) is 0 Å². The van der Waals surface area contributed by atoms with Crippen molar-refractivity contribution in [1.82, 2.24) is 0 Å². The number of alkyl halides is 1. The van der Waals surface area contributed by atoms with Crippen molar-refractivity contribution in [3.63, 3.8) is 0 Å². The van der Waals surface area contributed by atoms with E-state index < -0.39 is 22.9 Å². The van der Waals surface area contributed by atoms with Gasteiger partial charge in [-0.2, -0.15) is 0 Å². The summed E-state index contributed by atoms with van der Waals surface area (Å²) in [5, 5.41) is -0.748. The summed E-state index contributed by atoms with van der Waals surface area (Å²) in [4.78, 5) is 35.8. The van der Waals surface area contributed by atoms with Gasteiger partial charge in [0.1, 0.15) is 34.8 Å². The number of carbonyl (C=O) groups excluding carboxylic acids is 3. The Balaban J connectivity index is 1.64. The molecule has 0 saturated heterocycles. The first kappa shape index (κ1) is 24.6. The monoisotopic (exact) mass is 474 g/mol. The summed E-state index contributed by atoms with van der Waals surface area (Å²) in [5.74, 6) is 0.383. The number of esters is 2. The average molecular weight is 475 g/mol. The molecule has 2 atom stereocenters. The van der Waals surface area contributed by atoms with Gasteiger partial charge in [-0.05, 0) is 62.6 Å². The van der Waals surface area contributed by atoms with Crippen molar-refractivity contribution in [2.45, 2.75) is 51.5 Å². The second-order valence-electron chi connectivity index (χ2n) is 8.22. The Hall–Kier alpha value is -3.06. The summed E-state index contributed by atoms with van der Waals surface area (Å²) in [6.45, 7) is 7.09. The first-order valence-corrected chi connectivity index (χ1v) is 11.1. The lowest BCUT2D eigenvalue weighted by atomic mass is 9.91. The second kappa shape index (κ2) is 10.3. The summed E-state index contributed by atoms with van der Waals surface area (Å²) in [7, 11) is 0. The van der Waals surface area contributed by atoms with E-state index in [1.54, 1.807) is 38.1 Å². The molecule has 0 aromatic heterocycles. The lowest BCUT2D eigenvalue weighted by Gasteiger charge is -2.35. The summed E-state index contributed by atoms with van der Waals surface area (Å²) in [6, 6.07) is 10.5. The van der Waals surface area contributed by atoms with Gasteiger partial charge in [0.25, 0.3) is 0 Å². The van der Waals surface area contributed by atoms with Crippen LogP contribution in [0.25, 0.3) is 0 Å². The van der Waals surface area contributed by atoms with Crippen molar-refractivity contribution in [3.8, 4) is 17.2 Å². The van der Waals surface area contributed by atoms with Gasteiger partial charge in [-0.1, -0.05) is 12.1 Å². The van der Waals surface area contributed by atoms with Gasteiger partial charge in [0, 0.05) is 6.92 Å². The molecule has 0 radical (unpaired) electrons. The maximum Gasteiger partial charge on any atom is 0.324 e. The zero-order valence-electron chi connectivity index (χ0n) is 19.1. The second-order valence-corrected chi connectivity index (χ2v) is 8.74. The van der Waals surface area contributed by atoms with E-state index in [0.29, 0.717) is 34.8 Å². The van der Waals surface area contributed by atoms with Crippen LogP contribution in [0.2, 0.25) is 0 Å². The van der Waals surface area contributed by atoms with Gasteiger partial charge in [0.2, 0.25) is 0 Å². The van der Waals surface area contributed by atoms with Crippen LogP contribution >= 0.6 is 11.6 Å². The molecule has 0 spiro atoms. The van der Waals surface area contributed by atoms with Crippen LogP contribution in [0.3, 0.4) is 0 Å². The van der Waals surface area contributed by atoms with Crippen LogP contribution < -0.4 is 14.2 Å². The molecule has 7 nitrogen and oxygen atoms in total. The number of ether oxygens (including phenoxy) is 4. The van der Waals surface area contributed by atoms with Crippen LogP contribution in [0.4, 0.5) is 0 Å². The van der Waals surface area contributed by atoms with E-state index >= 15 is 0 Å². The van der Waals surface area contributed by atoms with E-state index in [9.17, 15) is 14.4 Å². The Bertz CT molecular complexity index is 1050. The molecule has 2 unspecified atom stereocenters. The highest BCUT2D eigenvalue weighted by atomic mass is 35.5. The molecule has 0 N–H and O–H groups in total. The molecule has 3 rings (SSSR count). The molecule has 0 saturated carbocycles. The fourth-order valence-corrected chi connectivity index (χ4v) is 3.77. The summed E-state index contributed by atoms with van der Waals surface area (Å²) >= 11 is 6.09. The molecule has 1 heterocycles. The molecular formula is C25H27ClO7. The lowest BCUT2D eigenvalue weighted by Crippen LogP contribution is -2.44. The van der Waals surface area contributed by atoms with Crippen molar-refractivity contribution in [2.24, 2.45) is 0 Å². The van der Waals surface area contributed by atoms with Crippen molar-refractivity contribution in [1.29, 1.82) is 0 Å². The topological polar surface area (TPSA) is 88.1 Å². The molecule has 33 heavy (non-hydrogen) atoms. The highest BCUT2D eigenvalue weighted by molar-refractivity contribution is 6.30. The van der Waals surface area contributed by atoms with E-state index in [2.05, 4.69) is 0 Å². The Morgan fingerprint density at radius 1 is 1.21 bits per heavy atom. The van der Waals surface area contributed by atoms with Crippen LogP contribution in [-0.4, -0.2) is 41.9 Å². The molecule has 0 amide bonds. The van der Waals surface area contributed by atoms with Gasteiger partial charge < -0.3 is 18.9 Å². The van der Waals surface area contributed by atoms with E-state index in [4.69, 9.17) is 30.5 Å². The Morgan fingerprint density at radius 3 is 2.55 bits per heavy atom. The predicted molar refractivity (Wildman–Crippen MR) is 122 cm³/mol. The van der Waals surface area contributed by atoms with Gasteiger partial charge in [-0.3, -0.25) is 14.4 Å². The SMILES string of the molecule is CCOC(=O)C(Cl)Cc1ccc(OCC2(C)CC(=O)c3cc(OC(C)=O)c(C)cc3O2)cc1. The highest BCUT2D eigenvalue weighted by Crippen LogP contribution is 2.37. The van der Waals surface area contributed by atoms with Crippen molar-refractivity contribution >= 4 is 29.3 Å². The fourth-order valence-electron chi connectivity index (χ4n) is 3.53. The molecule has 2 aromatic carbocycles. The van der Waals surface area contributed by atoms with Crippen molar-refractivity contribution < 1.29 is 33.3 Å². The fraction of sp³-hybridized carbons (Fsp3) is 0.400. The Labute approximate surface area is 197 Å². The number of carbonyl (C=O) groups is 3. The zero-order chi connectivity index (χ0) is 24.2. The number of benzene rings is 2. The number of hydrogen-bond acceptors (Lipinski definition) is 7. The summed E-state index contributed by atoms with van der Waals surface area (Å²) in [5.41, 5.74) is 1.09. The molecule has 1 aliphatic rings. The maximum atomic E-state index is 12.8. The molecule has 2 aromatic rings. The van der Waals surface area contributed by atoms with E-state index in [1.807, 2.05) is 19.1 Å². The standard InChI is InChI=1S/C25H27ClO7/c1-5-30-24(29)20(26)11-17-6-8-18(9-7-17)31-14-25(4)13-21(28)19-12-22(32-16(3)27)15(2)10-23(19)33-25/h6-10,12,20H,5,11,13-14H2,1-4H3. The minimum absolute atomic E-state index is 0.113. The molecule has 0 aliphatic carbocycles. The summed E-state index contributed by atoms with van der Waals surface area (Å²) < 4.78 is 22.1. The molecular weight excluding hydrogens is 448 g/mol. The third-order valence-electron chi connectivity index (χ3n) is 5.15. The number of fused-ring (bicyclic) bond motifs is 1. The lowest BCUT2D eigenvalue weighted by molar-refractivity contribution is -0.142. The third kappa shape index (κ3) is 6.26. The molecule has 176 valence electrons. The first-order valence-electron chi connectivity index (χ1n) is 10.7. The van der Waals surface area contributed by atoms with Crippen molar-refractivity contribution in [2.75, 3.05) is 13.2 Å². The van der Waals surface area contributed by atoms with Crippen LogP contribution in [-0.2, 0) is 20.7 Å². The zero-order valence-corrected chi connectivity index (χ0v) is 19.9. The Kier molecular flexibility index (Phi) is 7.64. The number of hydrogen-bond donors (Lipinski definition) is 0. The van der Waals surface area contributed by atoms with Crippen LogP contribution in [0, 0.1) is 6.92 Å². The van der Waals surface area contributed by atoms with E-state index in [1.165, 1.54) is 6.92 Å². The Morgan fingerprint density at radius 2 is 1.91 bits per heavy atom. The largest absolute Gasteiger partial charge is 0.489 e. The third-order valence-corrected chi connectivity index (χ3v) is 5.48. The predicted octanol–water partition coefficient (Wildman–Crippen LogP) is 4.44. The molecule has 8 heteroatoms. The van der Waals surface area contributed by atoms with Crippen LogP contribution in [0.15, 0.2) is 36.4 Å². The van der Waals surface area contributed by atoms with Gasteiger partial charge in [0.15, 0.2) is 5.78 Å². The minimum atomic E-state index is -0.858. The normalized spacial score (nSPS) is 18.0. The molecule has 0 fully saturated rings. The quantitative estimate of drug-likeness (QED) is 0.317. The van der Waals surface area contributed by atoms with Crippen LogP contribution in [0.1, 0.15) is 48.7 Å². The number of halogens is 1. The van der Waals surface area contributed by atoms with Crippen LogP contribution in [0.5, 0.6) is 17.2 Å². The number of aryl methyl sites for hydroxylation is 1. The molecule has 1 aliphatic heterocycles.